The van der Waals surface area contributed by atoms with Gasteiger partial charge in [0.2, 0.25) is 5.88 Å². The third-order valence-electron chi connectivity index (χ3n) is 4.89. The Morgan fingerprint density at radius 3 is 2.54 bits per heavy atom. The highest BCUT2D eigenvalue weighted by molar-refractivity contribution is 6.30. The molecule has 1 heterocycles. The highest BCUT2D eigenvalue weighted by Crippen LogP contribution is 2.33. The molecule has 1 saturated carbocycles. The van der Waals surface area contributed by atoms with E-state index in [1.165, 1.54) is 9.13 Å². The number of aryl methyl sites for hydroxylation is 1. The first-order valence-corrected chi connectivity index (χ1v) is 8.65. The summed E-state index contributed by atoms with van der Waals surface area (Å²) in [6.07, 6.45) is 3.44. The first-order valence-electron chi connectivity index (χ1n) is 8.27. The lowest BCUT2D eigenvalue weighted by molar-refractivity contribution is 0.343. The monoisotopic (exact) mass is 348 g/mol. The van der Waals surface area contributed by atoms with Crippen LogP contribution in [0.3, 0.4) is 0 Å². The van der Waals surface area contributed by atoms with Gasteiger partial charge < -0.3 is 5.11 Å². The van der Waals surface area contributed by atoms with Crippen molar-refractivity contribution in [1.29, 1.82) is 0 Å². The number of aromatic hydroxyl groups is 1. The van der Waals surface area contributed by atoms with E-state index in [-0.39, 0.29) is 11.9 Å². The Kier molecular flexibility index (Phi) is 4.81. The Labute approximate surface area is 145 Å². The molecule has 128 valence electrons. The number of hydrogen-bond donors (Lipinski definition) is 1. The van der Waals surface area contributed by atoms with Crippen molar-refractivity contribution in [3.63, 3.8) is 0 Å². The first kappa shape index (κ1) is 16.8. The maximum absolute atomic E-state index is 12.8. The minimum Gasteiger partial charge on any atom is -0.494 e. The summed E-state index contributed by atoms with van der Waals surface area (Å²) < 4.78 is 2.60. The van der Waals surface area contributed by atoms with Gasteiger partial charge in [-0.25, -0.2) is 4.79 Å². The van der Waals surface area contributed by atoms with Gasteiger partial charge in [-0.3, -0.25) is 13.9 Å². The molecule has 1 aromatic heterocycles. The molecule has 1 aromatic carbocycles. The number of benzene rings is 1. The van der Waals surface area contributed by atoms with E-state index in [1.807, 2.05) is 12.1 Å². The van der Waals surface area contributed by atoms with Crippen LogP contribution in [0.15, 0.2) is 39.9 Å². The van der Waals surface area contributed by atoms with Crippen LogP contribution in [0.4, 0.5) is 0 Å². The zero-order valence-electron chi connectivity index (χ0n) is 13.6. The predicted molar refractivity (Wildman–Crippen MR) is 93.8 cm³/mol. The van der Waals surface area contributed by atoms with E-state index < -0.39 is 11.2 Å². The lowest BCUT2D eigenvalue weighted by atomic mass is 10.1. The van der Waals surface area contributed by atoms with Gasteiger partial charge in [0.25, 0.3) is 5.56 Å². The van der Waals surface area contributed by atoms with Gasteiger partial charge in [-0.2, -0.15) is 0 Å². The summed E-state index contributed by atoms with van der Waals surface area (Å²) in [4.78, 5) is 25.0. The van der Waals surface area contributed by atoms with Gasteiger partial charge in [0.05, 0.1) is 6.07 Å². The molecule has 3 rings (SSSR count). The molecule has 1 aliphatic carbocycles. The number of rotatable bonds is 4. The molecule has 2 aromatic rings. The summed E-state index contributed by atoms with van der Waals surface area (Å²) in [6.45, 7) is 2.38. The fourth-order valence-electron chi connectivity index (χ4n) is 3.50. The van der Waals surface area contributed by atoms with E-state index in [2.05, 4.69) is 6.92 Å². The highest BCUT2D eigenvalue weighted by Gasteiger charge is 2.28. The molecule has 0 aliphatic heterocycles. The van der Waals surface area contributed by atoms with Crippen molar-refractivity contribution in [2.24, 2.45) is 5.92 Å². The lowest BCUT2D eigenvalue weighted by Gasteiger charge is -2.19. The fourth-order valence-corrected chi connectivity index (χ4v) is 3.62. The van der Waals surface area contributed by atoms with Crippen molar-refractivity contribution in [2.75, 3.05) is 0 Å². The van der Waals surface area contributed by atoms with E-state index in [1.54, 1.807) is 12.1 Å². The fraction of sp³-hybridized carbons (Fsp3) is 0.444. The Bertz CT molecular complexity index is 839. The number of hydrogen-bond acceptors (Lipinski definition) is 3. The minimum atomic E-state index is -0.423. The molecular formula is C18H21ClN2O3. The van der Waals surface area contributed by atoms with Gasteiger partial charge in [0, 0.05) is 17.6 Å². The van der Waals surface area contributed by atoms with Crippen LogP contribution in [0, 0.1) is 5.92 Å². The molecule has 1 aliphatic rings. The van der Waals surface area contributed by atoms with Gasteiger partial charge in [-0.1, -0.05) is 37.1 Å². The molecule has 0 saturated heterocycles. The molecule has 1 N–H and O–H groups in total. The average molecular weight is 349 g/mol. The second-order valence-electron chi connectivity index (χ2n) is 6.50. The van der Waals surface area contributed by atoms with Crippen molar-refractivity contribution in [3.8, 4) is 5.88 Å². The summed E-state index contributed by atoms with van der Waals surface area (Å²) in [6, 6.07) is 8.43. The van der Waals surface area contributed by atoms with E-state index in [0.717, 1.165) is 30.9 Å². The second kappa shape index (κ2) is 6.85. The SMILES string of the molecule is C[C@@H]1CCC[C@@H]1n1c(=O)cc(O)n(CCc2ccc(Cl)cc2)c1=O. The van der Waals surface area contributed by atoms with Crippen molar-refractivity contribution < 1.29 is 5.11 Å². The first-order chi connectivity index (χ1) is 11.5. The van der Waals surface area contributed by atoms with Crippen molar-refractivity contribution in [1.82, 2.24) is 9.13 Å². The van der Waals surface area contributed by atoms with Gasteiger partial charge in [0.1, 0.15) is 0 Å². The topological polar surface area (TPSA) is 64.2 Å². The van der Waals surface area contributed by atoms with Gasteiger partial charge in [0.15, 0.2) is 0 Å². The van der Waals surface area contributed by atoms with Gasteiger partial charge >= 0.3 is 5.69 Å². The van der Waals surface area contributed by atoms with Crippen molar-refractivity contribution in [2.45, 2.75) is 45.2 Å². The highest BCUT2D eigenvalue weighted by atomic mass is 35.5. The van der Waals surface area contributed by atoms with E-state index >= 15 is 0 Å². The Morgan fingerprint density at radius 1 is 1.21 bits per heavy atom. The van der Waals surface area contributed by atoms with Gasteiger partial charge in [-0.05, 0) is 42.9 Å². The van der Waals surface area contributed by atoms with Crippen molar-refractivity contribution >= 4 is 11.6 Å². The number of aromatic nitrogens is 2. The predicted octanol–water partition coefficient (Wildman–Crippen LogP) is 2.97. The maximum Gasteiger partial charge on any atom is 0.334 e. The minimum absolute atomic E-state index is 0.0765. The number of nitrogens with zero attached hydrogens (tertiary/aromatic N) is 2. The number of halogens is 1. The Hall–Kier alpha value is -2.01. The molecule has 1 fully saturated rings. The quantitative estimate of drug-likeness (QED) is 0.923. The van der Waals surface area contributed by atoms with Crippen LogP contribution in [0.2, 0.25) is 5.02 Å². The van der Waals surface area contributed by atoms with Crippen LogP contribution >= 0.6 is 11.6 Å². The van der Waals surface area contributed by atoms with Crippen LogP contribution in [-0.2, 0) is 13.0 Å². The summed E-state index contributed by atoms with van der Waals surface area (Å²) in [5, 5.41) is 10.7. The van der Waals surface area contributed by atoms with Crippen molar-refractivity contribution in [3.05, 3.63) is 61.8 Å². The average Bonchev–Trinajstić information content (AvgIpc) is 2.94. The molecule has 6 heteroatoms. The largest absolute Gasteiger partial charge is 0.494 e. The molecule has 0 unspecified atom stereocenters. The normalized spacial score (nSPS) is 20.4. The molecule has 24 heavy (non-hydrogen) atoms. The molecule has 0 amide bonds. The van der Waals surface area contributed by atoms with Crippen LogP contribution < -0.4 is 11.2 Å². The van der Waals surface area contributed by atoms with E-state index in [4.69, 9.17) is 11.6 Å². The van der Waals surface area contributed by atoms with Crippen LogP contribution in [0.1, 0.15) is 37.8 Å². The van der Waals surface area contributed by atoms with E-state index in [9.17, 15) is 14.7 Å². The second-order valence-corrected chi connectivity index (χ2v) is 6.93. The molecule has 2 atom stereocenters. The van der Waals surface area contributed by atoms with Gasteiger partial charge in [-0.15, -0.1) is 0 Å². The van der Waals surface area contributed by atoms with Crippen LogP contribution in [0.25, 0.3) is 0 Å². The Balaban J connectivity index is 1.91. The van der Waals surface area contributed by atoms with E-state index in [0.29, 0.717) is 23.9 Å². The molecule has 5 nitrogen and oxygen atoms in total. The van der Waals surface area contributed by atoms with Crippen LogP contribution in [-0.4, -0.2) is 14.2 Å². The summed E-state index contributed by atoms with van der Waals surface area (Å²) in [5.74, 6) is 0.0190. The smallest absolute Gasteiger partial charge is 0.334 e. The molecule has 0 bridgehead atoms. The molecular weight excluding hydrogens is 328 g/mol. The van der Waals surface area contributed by atoms with Crippen LogP contribution in [0.5, 0.6) is 5.88 Å². The third kappa shape index (κ3) is 3.26. The maximum atomic E-state index is 12.8. The lowest BCUT2D eigenvalue weighted by Crippen LogP contribution is -2.42. The zero-order chi connectivity index (χ0) is 17.3. The Morgan fingerprint density at radius 2 is 1.92 bits per heavy atom. The third-order valence-corrected chi connectivity index (χ3v) is 5.14. The zero-order valence-corrected chi connectivity index (χ0v) is 14.4. The molecule has 0 radical (unpaired) electrons. The summed E-state index contributed by atoms with van der Waals surface area (Å²) in [5.41, 5.74) is 0.171. The standard InChI is InChI=1S/C18H21ClN2O3/c1-12-3-2-4-15(12)21-17(23)11-16(22)20(18(21)24)10-9-13-5-7-14(19)8-6-13/h5-8,11-12,15,22H,2-4,9-10H2,1H3/t12-,15+/m1/s1. The summed E-state index contributed by atoms with van der Waals surface area (Å²) >= 11 is 5.87. The molecule has 0 spiro atoms. The summed E-state index contributed by atoms with van der Waals surface area (Å²) in [7, 11) is 0.